The fourth-order valence-electron chi connectivity index (χ4n) is 1.41. The molecule has 1 atom stereocenters. The van der Waals surface area contributed by atoms with Crippen LogP contribution in [0.2, 0.25) is 0 Å². The first-order valence-corrected chi connectivity index (χ1v) is 6.92. The van der Waals surface area contributed by atoms with E-state index in [1.54, 1.807) is 38.3 Å². The zero-order valence-corrected chi connectivity index (χ0v) is 12.9. The van der Waals surface area contributed by atoms with Crippen LogP contribution < -0.4 is 15.4 Å². The Morgan fingerprint density at radius 1 is 1.33 bits per heavy atom. The average Bonchev–Trinajstić information content (AvgIpc) is 2.46. The van der Waals surface area contributed by atoms with Gasteiger partial charge in [0.1, 0.15) is 12.4 Å². The number of aliphatic hydroxyl groups is 1. The van der Waals surface area contributed by atoms with Crippen molar-refractivity contribution in [1.82, 2.24) is 10.6 Å². The van der Waals surface area contributed by atoms with Gasteiger partial charge in [0.2, 0.25) is 0 Å². The monoisotopic (exact) mass is 312 g/mol. The van der Waals surface area contributed by atoms with E-state index in [9.17, 15) is 4.79 Å². The summed E-state index contributed by atoms with van der Waals surface area (Å²) < 4.78 is 10.3. The highest BCUT2D eigenvalue weighted by Gasteiger charge is 2.08. The van der Waals surface area contributed by atoms with Crippen molar-refractivity contribution < 1.29 is 19.4 Å². The molecular formula is C14H20N2O4S. The smallest absolute Gasteiger partial charge is 0.257 e. The van der Waals surface area contributed by atoms with Crippen LogP contribution >= 0.6 is 12.2 Å². The molecule has 7 heteroatoms. The van der Waals surface area contributed by atoms with E-state index in [1.165, 1.54) is 0 Å². The van der Waals surface area contributed by atoms with Gasteiger partial charge in [-0.3, -0.25) is 10.1 Å². The first-order chi connectivity index (χ1) is 10.0. The van der Waals surface area contributed by atoms with Gasteiger partial charge in [-0.25, -0.2) is 0 Å². The second-order valence-corrected chi connectivity index (χ2v) is 4.79. The molecule has 116 valence electrons. The number of hydrogen-bond donors (Lipinski definition) is 3. The highest BCUT2D eigenvalue weighted by atomic mass is 32.1. The van der Waals surface area contributed by atoms with E-state index < -0.39 is 6.10 Å². The molecule has 1 amide bonds. The number of amides is 1. The number of carbonyl (C=O) groups excluding carboxylic acids is 1. The van der Waals surface area contributed by atoms with Crippen LogP contribution in [0.1, 0.15) is 17.3 Å². The molecule has 1 unspecified atom stereocenters. The lowest BCUT2D eigenvalue weighted by Gasteiger charge is -2.11. The molecule has 0 saturated carbocycles. The third kappa shape index (κ3) is 7.03. The Morgan fingerprint density at radius 2 is 2.00 bits per heavy atom. The highest BCUT2D eigenvalue weighted by Crippen LogP contribution is 2.12. The molecular weight excluding hydrogens is 292 g/mol. The van der Waals surface area contributed by atoms with Gasteiger partial charge >= 0.3 is 0 Å². The fraction of sp³-hybridized carbons (Fsp3) is 0.429. The van der Waals surface area contributed by atoms with Crippen molar-refractivity contribution in [3.8, 4) is 5.75 Å². The van der Waals surface area contributed by atoms with E-state index in [2.05, 4.69) is 10.6 Å². The van der Waals surface area contributed by atoms with Crippen molar-refractivity contribution in [2.24, 2.45) is 0 Å². The van der Waals surface area contributed by atoms with Gasteiger partial charge in [-0.2, -0.15) is 0 Å². The number of aliphatic hydroxyl groups excluding tert-OH is 1. The van der Waals surface area contributed by atoms with Crippen LogP contribution in [0.5, 0.6) is 5.75 Å². The predicted octanol–water partition coefficient (Wildman–Crippen LogP) is 0.697. The summed E-state index contributed by atoms with van der Waals surface area (Å²) in [6.07, 6.45) is -0.539. The minimum atomic E-state index is -0.539. The molecule has 0 spiro atoms. The maximum atomic E-state index is 11.9. The number of benzene rings is 1. The molecule has 0 bridgehead atoms. The molecule has 1 aromatic rings. The zero-order valence-electron chi connectivity index (χ0n) is 12.1. The third-order valence-electron chi connectivity index (χ3n) is 2.46. The normalized spacial score (nSPS) is 11.6. The van der Waals surface area contributed by atoms with Gasteiger partial charge in [-0.05, 0) is 43.4 Å². The van der Waals surface area contributed by atoms with Crippen molar-refractivity contribution in [2.75, 3.05) is 26.9 Å². The van der Waals surface area contributed by atoms with E-state index in [1.807, 2.05) is 0 Å². The van der Waals surface area contributed by atoms with Crippen molar-refractivity contribution in [3.05, 3.63) is 29.8 Å². The number of nitrogens with one attached hydrogen (secondary N) is 2. The van der Waals surface area contributed by atoms with Crippen molar-refractivity contribution >= 4 is 23.2 Å². The second kappa shape index (κ2) is 9.28. The van der Waals surface area contributed by atoms with E-state index in [0.717, 1.165) is 0 Å². The molecule has 0 saturated heterocycles. The minimum Gasteiger partial charge on any atom is -0.491 e. The first-order valence-electron chi connectivity index (χ1n) is 6.52. The SMILES string of the molecule is COCCOc1ccc(C(=O)NC(=S)NCC(C)O)cc1. The van der Waals surface area contributed by atoms with Crippen molar-refractivity contribution in [2.45, 2.75) is 13.0 Å². The van der Waals surface area contributed by atoms with E-state index >= 15 is 0 Å². The lowest BCUT2D eigenvalue weighted by molar-refractivity contribution is 0.0976. The quantitative estimate of drug-likeness (QED) is 0.508. The maximum Gasteiger partial charge on any atom is 0.257 e. The van der Waals surface area contributed by atoms with Crippen LogP contribution in [0.4, 0.5) is 0 Å². The largest absolute Gasteiger partial charge is 0.491 e. The summed E-state index contributed by atoms with van der Waals surface area (Å²) in [5.41, 5.74) is 0.468. The summed E-state index contributed by atoms with van der Waals surface area (Å²) in [7, 11) is 1.60. The Labute approximate surface area is 129 Å². The molecule has 21 heavy (non-hydrogen) atoms. The number of hydrogen-bond acceptors (Lipinski definition) is 5. The molecule has 0 heterocycles. The van der Waals surface area contributed by atoms with E-state index in [4.69, 9.17) is 26.8 Å². The van der Waals surface area contributed by atoms with Gasteiger partial charge in [-0.15, -0.1) is 0 Å². The number of rotatable bonds is 7. The predicted molar refractivity (Wildman–Crippen MR) is 83.6 cm³/mol. The standard InChI is InChI=1S/C14H20N2O4S/c1-10(17)9-15-14(21)16-13(18)11-3-5-12(6-4-11)20-8-7-19-2/h3-6,10,17H,7-9H2,1-2H3,(H2,15,16,18,21). The molecule has 0 aliphatic heterocycles. The number of ether oxygens (including phenoxy) is 2. The number of thiocarbonyl (C=S) groups is 1. The Morgan fingerprint density at radius 3 is 2.57 bits per heavy atom. The zero-order chi connectivity index (χ0) is 15.7. The van der Waals surface area contributed by atoms with Crippen LogP contribution in [0.3, 0.4) is 0 Å². The minimum absolute atomic E-state index is 0.182. The van der Waals surface area contributed by atoms with Crippen LogP contribution in [0.15, 0.2) is 24.3 Å². The molecule has 0 aliphatic rings. The van der Waals surface area contributed by atoms with Crippen LogP contribution in [-0.2, 0) is 4.74 Å². The van der Waals surface area contributed by atoms with Crippen molar-refractivity contribution in [1.29, 1.82) is 0 Å². The fourth-order valence-corrected chi connectivity index (χ4v) is 1.58. The topological polar surface area (TPSA) is 79.8 Å². The second-order valence-electron chi connectivity index (χ2n) is 4.38. The van der Waals surface area contributed by atoms with Gasteiger partial charge in [0.15, 0.2) is 5.11 Å². The Balaban J connectivity index is 2.45. The lowest BCUT2D eigenvalue weighted by Crippen LogP contribution is -2.41. The van der Waals surface area contributed by atoms with Crippen LogP contribution in [0.25, 0.3) is 0 Å². The van der Waals surface area contributed by atoms with Gasteiger partial charge in [0.05, 0.1) is 12.7 Å². The molecule has 3 N–H and O–H groups in total. The molecule has 6 nitrogen and oxygen atoms in total. The van der Waals surface area contributed by atoms with E-state index in [-0.39, 0.29) is 17.6 Å². The first kappa shape index (κ1) is 17.4. The van der Waals surface area contributed by atoms with E-state index in [0.29, 0.717) is 24.5 Å². The Kier molecular flexibility index (Phi) is 7.66. The summed E-state index contributed by atoms with van der Waals surface area (Å²) in [6.45, 7) is 2.87. The molecule has 0 fully saturated rings. The summed E-state index contributed by atoms with van der Waals surface area (Å²) in [4.78, 5) is 11.9. The summed E-state index contributed by atoms with van der Waals surface area (Å²) in [5, 5.41) is 14.6. The van der Waals surface area contributed by atoms with Gasteiger partial charge in [0, 0.05) is 19.2 Å². The third-order valence-corrected chi connectivity index (χ3v) is 2.70. The summed E-state index contributed by atoms with van der Waals surface area (Å²) >= 11 is 4.95. The molecule has 0 aliphatic carbocycles. The van der Waals surface area contributed by atoms with Gasteiger partial charge in [0.25, 0.3) is 5.91 Å². The van der Waals surface area contributed by atoms with Crippen molar-refractivity contribution in [3.63, 3.8) is 0 Å². The average molecular weight is 312 g/mol. The lowest BCUT2D eigenvalue weighted by atomic mass is 10.2. The Hall–Kier alpha value is -1.70. The van der Waals surface area contributed by atoms with Gasteiger partial charge < -0.3 is 19.9 Å². The summed E-state index contributed by atoms with van der Waals surface area (Å²) in [5.74, 6) is 0.347. The Bertz CT molecular complexity index is 463. The molecule has 0 aromatic heterocycles. The van der Waals surface area contributed by atoms with Crippen LogP contribution in [-0.4, -0.2) is 49.1 Å². The number of carbonyl (C=O) groups is 1. The van der Waals surface area contributed by atoms with Crippen LogP contribution in [0, 0.1) is 0 Å². The maximum absolute atomic E-state index is 11.9. The summed E-state index contributed by atoms with van der Waals surface area (Å²) in [6, 6.07) is 6.71. The molecule has 0 radical (unpaired) electrons. The molecule has 1 aromatic carbocycles. The highest BCUT2D eigenvalue weighted by molar-refractivity contribution is 7.80. The molecule has 1 rings (SSSR count). The van der Waals surface area contributed by atoms with Gasteiger partial charge in [-0.1, -0.05) is 0 Å². The number of methoxy groups -OCH3 is 1.